The van der Waals surface area contributed by atoms with Gasteiger partial charge < -0.3 is 4.74 Å². The van der Waals surface area contributed by atoms with E-state index in [1.54, 1.807) is 6.92 Å². The van der Waals surface area contributed by atoms with Crippen molar-refractivity contribution in [2.24, 2.45) is 0 Å². The lowest BCUT2D eigenvalue weighted by Gasteiger charge is -2.12. The van der Waals surface area contributed by atoms with E-state index in [0.717, 1.165) is 12.8 Å². The van der Waals surface area contributed by atoms with Gasteiger partial charge in [0.1, 0.15) is 0 Å². The molecular formula is C21H40O2. The first-order valence-electron chi connectivity index (χ1n) is 9.94. The van der Waals surface area contributed by atoms with Gasteiger partial charge in [-0.1, -0.05) is 90.6 Å². The summed E-state index contributed by atoms with van der Waals surface area (Å²) < 4.78 is 5.28. The van der Waals surface area contributed by atoms with Crippen LogP contribution in [0, 0.1) is 0 Å². The van der Waals surface area contributed by atoms with Gasteiger partial charge in [-0.05, 0) is 26.7 Å². The lowest BCUT2D eigenvalue weighted by Crippen LogP contribution is -2.15. The van der Waals surface area contributed by atoms with Gasteiger partial charge in [-0.3, -0.25) is 0 Å². The first-order chi connectivity index (χ1) is 11.1. The van der Waals surface area contributed by atoms with Crippen molar-refractivity contribution < 1.29 is 9.53 Å². The Morgan fingerprint density at radius 2 is 1.22 bits per heavy atom. The van der Waals surface area contributed by atoms with Crippen molar-refractivity contribution in [1.82, 2.24) is 0 Å². The number of ether oxygens (including phenoxy) is 1. The quantitative estimate of drug-likeness (QED) is 0.174. The first-order valence-corrected chi connectivity index (χ1v) is 9.94. The van der Waals surface area contributed by atoms with Crippen molar-refractivity contribution in [2.75, 3.05) is 0 Å². The second-order valence-electron chi connectivity index (χ2n) is 7.03. The van der Waals surface area contributed by atoms with Gasteiger partial charge in [0.05, 0.1) is 6.10 Å². The molecule has 0 N–H and O–H groups in total. The molecule has 0 aliphatic rings. The zero-order chi connectivity index (χ0) is 17.3. The fourth-order valence-corrected chi connectivity index (χ4v) is 2.79. The van der Waals surface area contributed by atoms with Gasteiger partial charge >= 0.3 is 5.97 Å². The third-order valence-corrected chi connectivity index (χ3v) is 4.37. The standard InChI is InChI=1S/C21H40O2/c1-5-6-7-8-9-10-11-12-13-14-15-16-17-18-20(4)23-21(22)19(2)3/h20H,2,5-18H2,1,3-4H3. The Kier molecular flexibility index (Phi) is 15.5. The summed E-state index contributed by atoms with van der Waals surface area (Å²) in [6.45, 7) is 9.54. The van der Waals surface area contributed by atoms with E-state index in [4.69, 9.17) is 4.74 Å². The molecule has 0 heterocycles. The number of unbranched alkanes of at least 4 members (excludes halogenated alkanes) is 12. The molecule has 2 heteroatoms. The summed E-state index contributed by atoms with van der Waals surface area (Å²) >= 11 is 0. The van der Waals surface area contributed by atoms with Crippen LogP contribution < -0.4 is 0 Å². The van der Waals surface area contributed by atoms with Crippen LogP contribution >= 0.6 is 0 Å². The van der Waals surface area contributed by atoms with Crippen molar-refractivity contribution in [1.29, 1.82) is 0 Å². The summed E-state index contributed by atoms with van der Waals surface area (Å²) in [7, 11) is 0. The van der Waals surface area contributed by atoms with E-state index in [1.807, 2.05) is 6.92 Å². The highest BCUT2D eigenvalue weighted by Gasteiger charge is 2.09. The molecule has 0 aromatic carbocycles. The van der Waals surface area contributed by atoms with Gasteiger partial charge in [-0.15, -0.1) is 0 Å². The predicted molar refractivity (Wildman–Crippen MR) is 101 cm³/mol. The van der Waals surface area contributed by atoms with Gasteiger partial charge in [-0.25, -0.2) is 4.79 Å². The van der Waals surface area contributed by atoms with Crippen LogP contribution in [0.4, 0.5) is 0 Å². The van der Waals surface area contributed by atoms with E-state index in [-0.39, 0.29) is 12.1 Å². The molecule has 0 radical (unpaired) electrons. The van der Waals surface area contributed by atoms with Gasteiger partial charge in [0, 0.05) is 5.57 Å². The van der Waals surface area contributed by atoms with Crippen LogP contribution in [0.25, 0.3) is 0 Å². The lowest BCUT2D eigenvalue weighted by atomic mass is 10.0. The average Bonchev–Trinajstić information content (AvgIpc) is 2.51. The second-order valence-corrected chi connectivity index (χ2v) is 7.03. The molecule has 2 nitrogen and oxygen atoms in total. The van der Waals surface area contributed by atoms with Gasteiger partial charge in [0.25, 0.3) is 0 Å². The van der Waals surface area contributed by atoms with Crippen LogP contribution in [0.15, 0.2) is 12.2 Å². The molecule has 0 bridgehead atoms. The first kappa shape index (κ1) is 22.2. The monoisotopic (exact) mass is 324 g/mol. The third-order valence-electron chi connectivity index (χ3n) is 4.37. The highest BCUT2D eigenvalue weighted by Crippen LogP contribution is 2.14. The minimum Gasteiger partial charge on any atom is -0.459 e. The van der Waals surface area contributed by atoms with Crippen LogP contribution in [0.2, 0.25) is 0 Å². The molecule has 23 heavy (non-hydrogen) atoms. The van der Waals surface area contributed by atoms with E-state index in [2.05, 4.69) is 13.5 Å². The number of hydrogen-bond donors (Lipinski definition) is 0. The Morgan fingerprint density at radius 1 is 0.826 bits per heavy atom. The van der Waals surface area contributed by atoms with Gasteiger partial charge in [0.2, 0.25) is 0 Å². The third kappa shape index (κ3) is 15.9. The number of hydrogen-bond acceptors (Lipinski definition) is 2. The molecule has 0 aromatic heterocycles. The van der Waals surface area contributed by atoms with Crippen LogP contribution in [-0.4, -0.2) is 12.1 Å². The molecule has 136 valence electrons. The minimum absolute atomic E-state index is 0.0203. The maximum atomic E-state index is 11.4. The molecule has 0 spiro atoms. The van der Waals surface area contributed by atoms with E-state index in [1.165, 1.54) is 77.0 Å². The zero-order valence-electron chi connectivity index (χ0n) is 16.0. The largest absolute Gasteiger partial charge is 0.459 e. The number of rotatable bonds is 16. The van der Waals surface area contributed by atoms with Crippen molar-refractivity contribution in [3.8, 4) is 0 Å². The van der Waals surface area contributed by atoms with Crippen LogP contribution in [0.3, 0.4) is 0 Å². The Hall–Kier alpha value is -0.790. The molecule has 1 unspecified atom stereocenters. The summed E-state index contributed by atoms with van der Waals surface area (Å²) in [5.41, 5.74) is 0.488. The average molecular weight is 325 g/mol. The summed E-state index contributed by atoms with van der Waals surface area (Å²) in [5.74, 6) is -0.257. The van der Waals surface area contributed by atoms with Crippen molar-refractivity contribution in [2.45, 2.75) is 117 Å². The second kappa shape index (κ2) is 16.1. The van der Waals surface area contributed by atoms with E-state index in [0.29, 0.717) is 5.57 Å². The normalized spacial score (nSPS) is 12.1. The molecule has 0 fully saturated rings. The smallest absolute Gasteiger partial charge is 0.333 e. The summed E-state index contributed by atoms with van der Waals surface area (Å²) in [4.78, 5) is 11.4. The Morgan fingerprint density at radius 3 is 1.61 bits per heavy atom. The van der Waals surface area contributed by atoms with Gasteiger partial charge in [-0.2, -0.15) is 0 Å². The zero-order valence-corrected chi connectivity index (χ0v) is 16.0. The summed E-state index contributed by atoms with van der Waals surface area (Å²) in [6.07, 6.45) is 18.7. The van der Waals surface area contributed by atoms with E-state index in [9.17, 15) is 4.79 Å². The Balaban J connectivity index is 3.21. The highest BCUT2D eigenvalue weighted by atomic mass is 16.5. The van der Waals surface area contributed by atoms with E-state index >= 15 is 0 Å². The van der Waals surface area contributed by atoms with Crippen LogP contribution in [0.5, 0.6) is 0 Å². The molecule has 0 aliphatic carbocycles. The molecule has 0 aromatic rings. The van der Waals surface area contributed by atoms with Crippen LogP contribution in [0.1, 0.15) is 111 Å². The molecule has 0 saturated carbocycles. The molecule has 0 saturated heterocycles. The summed E-state index contributed by atoms with van der Waals surface area (Å²) in [6, 6.07) is 0. The molecule has 1 atom stereocenters. The Bertz CT molecular complexity index is 296. The number of esters is 1. The maximum Gasteiger partial charge on any atom is 0.333 e. The van der Waals surface area contributed by atoms with E-state index < -0.39 is 0 Å². The fourth-order valence-electron chi connectivity index (χ4n) is 2.79. The number of carbonyl (C=O) groups is 1. The fraction of sp³-hybridized carbons (Fsp3) is 0.857. The summed E-state index contributed by atoms with van der Waals surface area (Å²) in [5, 5.41) is 0. The SMILES string of the molecule is C=C(C)C(=O)OC(C)CCCCCCCCCCCCCCC. The van der Waals surface area contributed by atoms with Crippen molar-refractivity contribution >= 4 is 5.97 Å². The molecule has 0 aliphatic heterocycles. The van der Waals surface area contributed by atoms with Crippen molar-refractivity contribution in [3.05, 3.63) is 12.2 Å². The molecule has 0 rings (SSSR count). The topological polar surface area (TPSA) is 26.3 Å². The lowest BCUT2D eigenvalue weighted by molar-refractivity contribution is -0.143. The maximum absolute atomic E-state index is 11.4. The predicted octanol–water partition coefficient (Wildman–Crippen LogP) is 6.98. The van der Waals surface area contributed by atoms with Gasteiger partial charge in [0.15, 0.2) is 0 Å². The van der Waals surface area contributed by atoms with Crippen LogP contribution in [-0.2, 0) is 9.53 Å². The van der Waals surface area contributed by atoms with Crippen molar-refractivity contribution in [3.63, 3.8) is 0 Å². The highest BCUT2D eigenvalue weighted by molar-refractivity contribution is 5.87. The molecule has 0 amide bonds. The Labute approximate surface area is 145 Å². The minimum atomic E-state index is -0.257. The number of carbonyl (C=O) groups excluding carboxylic acids is 1. The molecular weight excluding hydrogens is 284 g/mol.